The summed E-state index contributed by atoms with van der Waals surface area (Å²) < 4.78 is 0. The highest BCUT2D eigenvalue weighted by atomic mass is 14.1. The van der Waals surface area contributed by atoms with Crippen LogP contribution in [0, 0.1) is 5.92 Å². The lowest BCUT2D eigenvalue weighted by Gasteiger charge is -2.14. The van der Waals surface area contributed by atoms with Crippen LogP contribution in [0.5, 0.6) is 0 Å². The first-order valence-corrected chi connectivity index (χ1v) is 5.20. The average molecular weight is 166 g/mol. The van der Waals surface area contributed by atoms with E-state index in [0.717, 1.165) is 12.3 Å². The molecule has 0 saturated heterocycles. The highest BCUT2D eigenvalue weighted by Crippen LogP contribution is 2.22. The number of allylic oxidation sites excluding steroid dienone is 1. The molecule has 12 heavy (non-hydrogen) atoms. The minimum Gasteiger partial charge on any atom is -0.126 e. The van der Waals surface area contributed by atoms with Gasteiger partial charge in [-0.25, -0.2) is 0 Å². The lowest BCUT2D eigenvalue weighted by Crippen LogP contribution is -2.00. The fourth-order valence-corrected chi connectivity index (χ4v) is 1.67. The third kappa shape index (κ3) is 3.78. The molecule has 0 heterocycles. The van der Waals surface area contributed by atoms with E-state index in [2.05, 4.69) is 26.5 Å². The van der Waals surface area contributed by atoms with Crippen molar-refractivity contribution in [1.82, 2.24) is 0 Å². The van der Waals surface area contributed by atoms with Crippen LogP contribution in [0.1, 0.15) is 53.4 Å². The van der Waals surface area contributed by atoms with Gasteiger partial charge in [0, 0.05) is 0 Å². The van der Waals surface area contributed by atoms with Crippen LogP contribution in [0.3, 0.4) is 0 Å². The molecule has 1 unspecified atom stereocenters. The normalized spacial score (nSPS) is 12.0. The van der Waals surface area contributed by atoms with Gasteiger partial charge in [0.15, 0.2) is 0 Å². The van der Waals surface area contributed by atoms with E-state index in [1.54, 1.807) is 0 Å². The van der Waals surface area contributed by atoms with Crippen LogP contribution < -0.4 is 0 Å². The van der Waals surface area contributed by atoms with Crippen molar-refractivity contribution in [3.05, 3.63) is 17.4 Å². The summed E-state index contributed by atoms with van der Waals surface area (Å²) in [4.78, 5) is 0. The van der Waals surface area contributed by atoms with E-state index in [1.165, 1.54) is 24.8 Å². The molecule has 0 fully saturated rings. The lowest BCUT2D eigenvalue weighted by atomic mass is 9.91. The fraction of sp³-hybridized carbons (Fsp3) is 0.750. The van der Waals surface area contributed by atoms with Crippen molar-refractivity contribution in [3.63, 3.8) is 0 Å². The first kappa shape index (κ1) is 11.5. The van der Waals surface area contributed by atoms with E-state index in [1.807, 2.05) is 13.0 Å². The number of hydrogen-bond donors (Lipinski definition) is 0. The van der Waals surface area contributed by atoms with Crippen molar-refractivity contribution in [2.24, 2.45) is 5.92 Å². The van der Waals surface area contributed by atoms with Gasteiger partial charge in [-0.05, 0) is 43.8 Å². The third-order valence-corrected chi connectivity index (χ3v) is 2.33. The van der Waals surface area contributed by atoms with Crippen LogP contribution in [0.4, 0.5) is 0 Å². The second kappa shape index (κ2) is 7.18. The zero-order chi connectivity index (χ0) is 9.40. The smallest absolute Gasteiger partial charge is 0.0130 e. The molecule has 0 aliphatic carbocycles. The molecule has 0 saturated carbocycles. The molecule has 0 radical (unpaired) electrons. The minimum atomic E-state index is 0.774. The van der Waals surface area contributed by atoms with Gasteiger partial charge in [-0.2, -0.15) is 0 Å². The van der Waals surface area contributed by atoms with E-state index in [4.69, 9.17) is 0 Å². The summed E-state index contributed by atoms with van der Waals surface area (Å²) in [6, 6.07) is 0. The van der Waals surface area contributed by atoms with Gasteiger partial charge in [0.2, 0.25) is 0 Å². The molecule has 0 aromatic carbocycles. The zero-order valence-electron chi connectivity index (χ0n) is 8.98. The van der Waals surface area contributed by atoms with Crippen LogP contribution in [-0.2, 0) is 0 Å². The van der Waals surface area contributed by atoms with Gasteiger partial charge in [0.1, 0.15) is 0 Å². The molecule has 0 bridgehead atoms. The van der Waals surface area contributed by atoms with Crippen molar-refractivity contribution in [3.8, 4) is 0 Å². The van der Waals surface area contributed by atoms with Gasteiger partial charge >= 0.3 is 0 Å². The topological polar surface area (TPSA) is 0 Å². The monoisotopic (exact) mass is 166 g/mol. The maximum absolute atomic E-state index is 3.36. The average Bonchev–Trinajstić information content (AvgIpc) is 2.11. The van der Waals surface area contributed by atoms with Crippen molar-refractivity contribution in [1.29, 1.82) is 0 Å². The number of rotatable bonds is 5. The molecule has 0 nitrogen and oxygen atoms in total. The Hall–Kier alpha value is -0.480. The van der Waals surface area contributed by atoms with Gasteiger partial charge in [-0.15, -0.1) is 5.73 Å². The summed E-state index contributed by atoms with van der Waals surface area (Å²) in [6.45, 7) is 8.80. The van der Waals surface area contributed by atoms with E-state index >= 15 is 0 Å². The molecule has 70 valence electrons. The SMILES string of the molecule is CC=C=C(CC)C(CC)CCC. The third-order valence-electron chi connectivity index (χ3n) is 2.33. The van der Waals surface area contributed by atoms with E-state index in [-0.39, 0.29) is 0 Å². The molecule has 0 aromatic heterocycles. The largest absolute Gasteiger partial charge is 0.126 e. The van der Waals surface area contributed by atoms with Crippen molar-refractivity contribution < 1.29 is 0 Å². The molecule has 0 heteroatoms. The van der Waals surface area contributed by atoms with Crippen LogP contribution in [0.25, 0.3) is 0 Å². The molecule has 0 aromatic rings. The lowest BCUT2D eigenvalue weighted by molar-refractivity contribution is 0.522. The fourth-order valence-electron chi connectivity index (χ4n) is 1.67. The summed E-state index contributed by atoms with van der Waals surface area (Å²) in [6.07, 6.45) is 7.06. The Bertz CT molecular complexity index is 159. The van der Waals surface area contributed by atoms with Crippen LogP contribution in [0.15, 0.2) is 17.4 Å². The Balaban J connectivity index is 4.34. The highest BCUT2D eigenvalue weighted by molar-refractivity contribution is 5.05. The zero-order valence-corrected chi connectivity index (χ0v) is 8.98. The molecular formula is C12H22. The van der Waals surface area contributed by atoms with E-state index < -0.39 is 0 Å². The molecule has 0 aliphatic heterocycles. The standard InChI is InChI=1S/C12H22/c1-5-9-11(7-3)12(8-4)10-6-2/h5,12H,6-8,10H2,1-4H3. The molecule has 0 rings (SSSR count). The minimum absolute atomic E-state index is 0.774. The maximum atomic E-state index is 3.36. The highest BCUT2D eigenvalue weighted by Gasteiger charge is 2.08. The molecule has 0 amide bonds. The second-order valence-corrected chi connectivity index (χ2v) is 3.21. The summed E-state index contributed by atoms with van der Waals surface area (Å²) in [5.74, 6) is 0.774. The van der Waals surface area contributed by atoms with Crippen LogP contribution in [-0.4, -0.2) is 0 Å². The Morgan fingerprint density at radius 3 is 2.33 bits per heavy atom. The second-order valence-electron chi connectivity index (χ2n) is 3.21. The predicted octanol–water partition coefficient (Wildman–Crippen LogP) is 4.32. The Kier molecular flexibility index (Phi) is 6.90. The summed E-state index contributed by atoms with van der Waals surface area (Å²) in [5, 5.41) is 0. The van der Waals surface area contributed by atoms with Crippen molar-refractivity contribution >= 4 is 0 Å². The first-order valence-electron chi connectivity index (χ1n) is 5.20. The molecule has 0 N–H and O–H groups in total. The van der Waals surface area contributed by atoms with Crippen LogP contribution >= 0.6 is 0 Å². The number of hydrogen-bond acceptors (Lipinski definition) is 0. The molecule has 0 spiro atoms. The van der Waals surface area contributed by atoms with Crippen LogP contribution in [0.2, 0.25) is 0 Å². The summed E-state index contributed by atoms with van der Waals surface area (Å²) >= 11 is 0. The van der Waals surface area contributed by atoms with E-state index in [9.17, 15) is 0 Å². The quantitative estimate of drug-likeness (QED) is 0.533. The maximum Gasteiger partial charge on any atom is -0.0130 e. The summed E-state index contributed by atoms with van der Waals surface area (Å²) in [5.41, 5.74) is 4.86. The molecular weight excluding hydrogens is 144 g/mol. The van der Waals surface area contributed by atoms with Gasteiger partial charge in [-0.3, -0.25) is 0 Å². The molecule has 0 aliphatic rings. The Labute approximate surface area is 77.4 Å². The predicted molar refractivity (Wildman–Crippen MR) is 56.3 cm³/mol. The van der Waals surface area contributed by atoms with Gasteiger partial charge in [0.25, 0.3) is 0 Å². The van der Waals surface area contributed by atoms with Crippen molar-refractivity contribution in [2.45, 2.75) is 53.4 Å². The summed E-state index contributed by atoms with van der Waals surface area (Å²) in [7, 11) is 0. The Morgan fingerprint density at radius 2 is 2.00 bits per heavy atom. The Morgan fingerprint density at radius 1 is 1.33 bits per heavy atom. The van der Waals surface area contributed by atoms with Gasteiger partial charge < -0.3 is 0 Å². The molecule has 1 atom stereocenters. The first-order chi connectivity index (χ1) is 5.79. The van der Waals surface area contributed by atoms with Gasteiger partial charge in [-0.1, -0.05) is 27.2 Å². The van der Waals surface area contributed by atoms with E-state index in [0.29, 0.717) is 0 Å². The van der Waals surface area contributed by atoms with Crippen molar-refractivity contribution in [2.75, 3.05) is 0 Å². The van der Waals surface area contributed by atoms with Gasteiger partial charge in [0.05, 0.1) is 0 Å².